The van der Waals surface area contributed by atoms with Gasteiger partial charge >= 0.3 is 0 Å². The molecule has 144 valence electrons. The van der Waals surface area contributed by atoms with Crippen molar-refractivity contribution in [2.75, 3.05) is 6.61 Å². The molecule has 0 bridgehead atoms. The van der Waals surface area contributed by atoms with E-state index in [1.165, 1.54) is 11.9 Å². The van der Waals surface area contributed by atoms with E-state index in [0.717, 1.165) is 31.2 Å². The predicted molar refractivity (Wildman–Crippen MR) is 102 cm³/mol. The Morgan fingerprint density at radius 2 is 2.18 bits per heavy atom. The monoisotopic (exact) mass is 378 g/mol. The summed E-state index contributed by atoms with van der Waals surface area (Å²) < 4.78 is 7.66. The number of amides is 1. The zero-order valence-electron chi connectivity index (χ0n) is 15.4. The van der Waals surface area contributed by atoms with Crippen LogP contribution >= 0.6 is 0 Å². The molecular formula is C20H22N6O2. The average molecular weight is 378 g/mol. The Bertz CT molecular complexity index is 1030. The van der Waals surface area contributed by atoms with Crippen LogP contribution in [0, 0.1) is 0 Å². The van der Waals surface area contributed by atoms with E-state index >= 15 is 0 Å². The maximum absolute atomic E-state index is 13.1. The third-order valence-electron chi connectivity index (χ3n) is 5.63. The molecule has 3 aromatic rings. The first kappa shape index (κ1) is 17.3. The Balaban J connectivity index is 1.47. The SMILES string of the molecule is NC1CCC(n2nc(C(=O)NC3OCCc4ccccc43)c3cncnc32)C1. The molecule has 3 unspecified atom stereocenters. The van der Waals surface area contributed by atoms with Gasteiger partial charge in [0, 0.05) is 17.8 Å². The second kappa shape index (κ2) is 6.96. The van der Waals surface area contributed by atoms with Crippen molar-refractivity contribution in [3.8, 4) is 0 Å². The Morgan fingerprint density at radius 1 is 1.29 bits per heavy atom. The van der Waals surface area contributed by atoms with E-state index < -0.39 is 6.23 Å². The maximum atomic E-state index is 13.1. The lowest BCUT2D eigenvalue weighted by Gasteiger charge is -2.26. The van der Waals surface area contributed by atoms with Crippen LogP contribution in [-0.4, -0.2) is 38.3 Å². The van der Waals surface area contributed by atoms with Crippen molar-refractivity contribution in [2.45, 2.75) is 44.0 Å². The van der Waals surface area contributed by atoms with Gasteiger partial charge in [0.1, 0.15) is 6.33 Å². The number of benzene rings is 1. The number of hydrogen-bond donors (Lipinski definition) is 2. The molecule has 1 saturated carbocycles. The number of fused-ring (bicyclic) bond motifs is 2. The molecule has 3 N–H and O–H groups in total. The van der Waals surface area contributed by atoms with E-state index in [4.69, 9.17) is 10.5 Å². The minimum Gasteiger partial charge on any atom is -0.354 e. The fourth-order valence-corrected chi connectivity index (χ4v) is 4.22. The van der Waals surface area contributed by atoms with Gasteiger partial charge in [-0.2, -0.15) is 5.10 Å². The van der Waals surface area contributed by atoms with E-state index in [0.29, 0.717) is 23.3 Å². The van der Waals surface area contributed by atoms with Gasteiger partial charge in [-0.3, -0.25) is 4.79 Å². The first-order valence-electron chi connectivity index (χ1n) is 9.65. The quantitative estimate of drug-likeness (QED) is 0.720. The van der Waals surface area contributed by atoms with Gasteiger partial charge in [0.25, 0.3) is 5.91 Å². The Labute approximate surface area is 162 Å². The predicted octanol–water partition coefficient (Wildman–Crippen LogP) is 1.88. The van der Waals surface area contributed by atoms with Crippen LogP contribution in [0.15, 0.2) is 36.8 Å². The number of carbonyl (C=O) groups is 1. The third-order valence-corrected chi connectivity index (χ3v) is 5.63. The number of carbonyl (C=O) groups excluding carboxylic acids is 1. The van der Waals surface area contributed by atoms with Crippen LogP contribution in [0.25, 0.3) is 11.0 Å². The van der Waals surface area contributed by atoms with Crippen molar-refractivity contribution in [1.82, 2.24) is 25.1 Å². The Kier molecular flexibility index (Phi) is 4.29. The molecule has 3 atom stereocenters. The van der Waals surface area contributed by atoms with Crippen molar-refractivity contribution in [1.29, 1.82) is 0 Å². The summed E-state index contributed by atoms with van der Waals surface area (Å²) in [5.41, 5.74) is 9.25. The minimum absolute atomic E-state index is 0.153. The number of nitrogens with zero attached hydrogens (tertiary/aromatic N) is 4. The normalized spacial score (nSPS) is 24.2. The third kappa shape index (κ3) is 2.94. The second-order valence-electron chi connectivity index (χ2n) is 7.45. The van der Waals surface area contributed by atoms with Gasteiger partial charge in [-0.25, -0.2) is 14.6 Å². The summed E-state index contributed by atoms with van der Waals surface area (Å²) in [6.45, 7) is 0.570. The van der Waals surface area contributed by atoms with Gasteiger partial charge in [-0.1, -0.05) is 24.3 Å². The molecule has 8 heteroatoms. The molecule has 8 nitrogen and oxygen atoms in total. The zero-order valence-corrected chi connectivity index (χ0v) is 15.4. The van der Waals surface area contributed by atoms with Gasteiger partial charge in [0.2, 0.25) is 0 Å². The molecule has 1 aliphatic carbocycles. The molecule has 3 heterocycles. The summed E-state index contributed by atoms with van der Waals surface area (Å²) in [7, 11) is 0. The molecule has 2 aromatic heterocycles. The van der Waals surface area contributed by atoms with Gasteiger partial charge < -0.3 is 15.8 Å². The van der Waals surface area contributed by atoms with Crippen LogP contribution in [0.4, 0.5) is 0 Å². The molecule has 1 amide bonds. The zero-order chi connectivity index (χ0) is 19.1. The fraction of sp³-hybridized carbons (Fsp3) is 0.400. The fourth-order valence-electron chi connectivity index (χ4n) is 4.22. The molecule has 1 aliphatic heterocycles. The average Bonchev–Trinajstić information content (AvgIpc) is 3.32. The molecule has 28 heavy (non-hydrogen) atoms. The highest BCUT2D eigenvalue weighted by Gasteiger charge is 2.30. The molecule has 0 radical (unpaired) electrons. The highest BCUT2D eigenvalue weighted by Crippen LogP contribution is 2.32. The van der Waals surface area contributed by atoms with Gasteiger partial charge in [-0.05, 0) is 31.2 Å². The highest BCUT2D eigenvalue weighted by molar-refractivity contribution is 6.03. The number of rotatable bonds is 3. The summed E-state index contributed by atoms with van der Waals surface area (Å²) >= 11 is 0. The van der Waals surface area contributed by atoms with Crippen LogP contribution in [0.2, 0.25) is 0 Å². The summed E-state index contributed by atoms with van der Waals surface area (Å²) in [5.74, 6) is -0.289. The van der Waals surface area contributed by atoms with Crippen molar-refractivity contribution in [3.63, 3.8) is 0 Å². The number of nitrogens with two attached hydrogens (primary N) is 1. The summed E-state index contributed by atoms with van der Waals surface area (Å²) in [5, 5.41) is 8.24. The number of nitrogens with one attached hydrogen (secondary N) is 1. The van der Waals surface area contributed by atoms with Crippen LogP contribution in [0.5, 0.6) is 0 Å². The number of ether oxygens (including phenoxy) is 1. The van der Waals surface area contributed by atoms with Crippen molar-refractivity contribution >= 4 is 16.9 Å². The van der Waals surface area contributed by atoms with E-state index in [2.05, 4.69) is 26.4 Å². The molecule has 5 rings (SSSR count). The second-order valence-corrected chi connectivity index (χ2v) is 7.45. The summed E-state index contributed by atoms with van der Waals surface area (Å²) in [6, 6.07) is 8.32. The highest BCUT2D eigenvalue weighted by atomic mass is 16.5. The van der Waals surface area contributed by atoms with Gasteiger partial charge in [0.05, 0.1) is 18.0 Å². The number of hydrogen-bond acceptors (Lipinski definition) is 6. The van der Waals surface area contributed by atoms with Crippen molar-refractivity contribution in [3.05, 3.63) is 53.6 Å². The summed E-state index contributed by atoms with van der Waals surface area (Å²) in [4.78, 5) is 21.5. The Morgan fingerprint density at radius 3 is 3.04 bits per heavy atom. The molecule has 1 fully saturated rings. The van der Waals surface area contributed by atoms with Crippen LogP contribution in [0.3, 0.4) is 0 Å². The summed E-state index contributed by atoms with van der Waals surface area (Å²) in [6.07, 6.45) is 6.20. The van der Waals surface area contributed by atoms with E-state index in [1.807, 2.05) is 22.9 Å². The molecular weight excluding hydrogens is 356 g/mol. The maximum Gasteiger partial charge on any atom is 0.274 e. The lowest BCUT2D eigenvalue weighted by molar-refractivity contribution is 0.0183. The van der Waals surface area contributed by atoms with Crippen LogP contribution < -0.4 is 11.1 Å². The lowest BCUT2D eigenvalue weighted by Crippen LogP contribution is -2.34. The molecule has 0 saturated heterocycles. The molecule has 1 aromatic carbocycles. The van der Waals surface area contributed by atoms with Gasteiger partial charge in [0.15, 0.2) is 17.6 Å². The van der Waals surface area contributed by atoms with Crippen molar-refractivity contribution < 1.29 is 9.53 Å². The van der Waals surface area contributed by atoms with E-state index in [9.17, 15) is 4.79 Å². The molecule has 0 spiro atoms. The minimum atomic E-state index is -0.484. The number of aromatic nitrogens is 4. The largest absolute Gasteiger partial charge is 0.354 e. The van der Waals surface area contributed by atoms with Crippen LogP contribution in [0.1, 0.15) is 53.1 Å². The first-order valence-corrected chi connectivity index (χ1v) is 9.65. The first-order chi connectivity index (χ1) is 13.7. The van der Waals surface area contributed by atoms with Crippen molar-refractivity contribution in [2.24, 2.45) is 5.73 Å². The smallest absolute Gasteiger partial charge is 0.274 e. The Hall–Kier alpha value is -2.84. The molecule has 2 aliphatic rings. The van der Waals surface area contributed by atoms with Crippen LogP contribution in [-0.2, 0) is 11.2 Å². The van der Waals surface area contributed by atoms with E-state index in [-0.39, 0.29) is 18.0 Å². The lowest BCUT2D eigenvalue weighted by atomic mass is 10.0. The van der Waals surface area contributed by atoms with E-state index in [1.54, 1.807) is 6.20 Å². The van der Waals surface area contributed by atoms with Gasteiger partial charge in [-0.15, -0.1) is 0 Å². The standard InChI is InChI=1S/C20H22N6O2/c21-13-5-6-14(9-13)26-18-16(10-22-11-23-18)17(25-26)19(27)24-20-15-4-2-1-3-12(15)7-8-28-20/h1-4,10-11,13-14,20H,5-9,21H2,(H,24,27). The topological polar surface area (TPSA) is 108 Å².